The Balaban J connectivity index is 1.55. The molecule has 2 N–H and O–H groups in total. The van der Waals surface area contributed by atoms with E-state index in [-0.39, 0.29) is 30.2 Å². The topological polar surface area (TPSA) is 67.4 Å². The molecule has 2 rings (SSSR count). The second-order valence-corrected chi connectivity index (χ2v) is 4.66. The van der Waals surface area contributed by atoms with Gasteiger partial charge in [-0.1, -0.05) is 0 Å². The minimum atomic E-state index is -0.354. The van der Waals surface area contributed by atoms with Gasteiger partial charge in [-0.2, -0.15) is 0 Å². The van der Waals surface area contributed by atoms with Crippen molar-refractivity contribution in [2.24, 2.45) is 5.92 Å². The van der Waals surface area contributed by atoms with Gasteiger partial charge in [0, 0.05) is 19.0 Å². The van der Waals surface area contributed by atoms with Crippen molar-refractivity contribution in [2.75, 3.05) is 19.7 Å². The first-order valence-corrected chi connectivity index (χ1v) is 6.58. The third kappa shape index (κ3) is 4.87. The number of halogens is 1. The number of benzene rings is 1. The molecule has 0 saturated heterocycles. The van der Waals surface area contributed by atoms with Crippen LogP contribution >= 0.6 is 0 Å². The second-order valence-electron chi connectivity index (χ2n) is 4.66. The lowest BCUT2D eigenvalue weighted by atomic mass is 10.3. The Morgan fingerprint density at radius 1 is 1.15 bits per heavy atom. The number of nitrogens with one attached hydrogen (secondary N) is 2. The number of ether oxygens (including phenoxy) is 1. The number of hydrogen-bond donors (Lipinski definition) is 2. The van der Waals surface area contributed by atoms with Crippen LogP contribution in [0.5, 0.6) is 5.75 Å². The molecule has 0 unspecified atom stereocenters. The highest BCUT2D eigenvalue weighted by Gasteiger charge is 2.28. The van der Waals surface area contributed by atoms with Crippen LogP contribution < -0.4 is 15.4 Å². The van der Waals surface area contributed by atoms with Crippen LogP contribution in [0, 0.1) is 11.7 Å². The van der Waals surface area contributed by atoms with Crippen LogP contribution in [0.4, 0.5) is 4.39 Å². The second kappa shape index (κ2) is 6.88. The summed E-state index contributed by atoms with van der Waals surface area (Å²) in [7, 11) is 0. The third-order valence-electron chi connectivity index (χ3n) is 2.88. The Labute approximate surface area is 116 Å². The van der Waals surface area contributed by atoms with Crippen molar-refractivity contribution in [2.45, 2.75) is 12.8 Å². The van der Waals surface area contributed by atoms with Gasteiger partial charge in [0.1, 0.15) is 11.6 Å². The van der Waals surface area contributed by atoms with Crippen LogP contribution in [0.15, 0.2) is 24.3 Å². The van der Waals surface area contributed by atoms with Gasteiger partial charge in [-0.25, -0.2) is 4.39 Å². The van der Waals surface area contributed by atoms with Gasteiger partial charge in [-0.15, -0.1) is 0 Å². The first-order chi connectivity index (χ1) is 9.65. The first kappa shape index (κ1) is 14.3. The summed E-state index contributed by atoms with van der Waals surface area (Å²) in [5, 5.41) is 5.37. The van der Waals surface area contributed by atoms with E-state index in [9.17, 15) is 14.0 Å². The van der Waals surface area contributed by atoms with E-state index < -0.39 is 0 Å². The number of hydrogen-bond acceptors (Lipinski definition) is 3. The molecule has 0 radical (unpaired) electrons. The predicted octanol–water partition coefficient (Wildman–Crippen LogP) is 0.847. The molecule has 1 aliphatic carbocycles. The summed E-state index contributed by atoms with van der Waals surface area (Å²) in [6.07, 6.45) is 1.92. The SMILES string of the molecule is O=C(COc1ccc(F)cc1)NCCNC(=O)C1CC1. The summed E-state index contributed by atoms with van der Waals surface area (Å²) in [6.45, 7) is 0.643. The molecule has 1 aromatic carbocycles. The summed E-state index contributed by atoms with van der Waals surface area (Å²) < 4.78 is 17.8. The quantitative estimate of drug-likeness (QED) is 0.728. The van der Waals surface area contributed by atoms with E-state index in [0.717, 1.165) is 12.8 Å². The van der Waals surface area contributed by atoms with E-state index in [1.165, 1.54) is 24.3 Å². The summed E-state index contributed by atoms with van der Waals surface area (Å²) in [5.74, 6) is 0.0288. The van der Waals surface area contributed by atoms with Crippen molar-refractivity contribution in [3.8, 4) is 5.75 Å². The normalized spacial score (nSPS) is 13.7. The fourth-order valence-corrected chi connectivity index (χ4v) is 1.61. The molecule has 5 nitrogen and oxygen atoms in total. The van der Waals surface area contributed by atoms with Crippen LogP contribution in [0.1, 0.15) is 12.8 Å². The van der Waals surface area contributed by atoms with Crippen LogP contribution in [0.2, 0.25) is 0 Å². The average Bonchev–Trinajstić information content (AvgIpc) is 3.27. The number of carbonyl (C=O) groups is 2. The van der Waals surface area contributed by atoms with E-state index in [1.54, 1.807) is 0 Å². The maximum Gasteiger partial charge on any atom is 0.258 e. The van der Waals surface area contributed by atoms with Crippen LogP contribution in [0.25, 0.3) is 0 Å². The Morgan fingerprint density at radius 3 is 2.45 bits per heavy atom. The van der Waals surface area contributed by atoms with E-state index in [2.05, 4.69) is 10.6 Å². The highest BCUT2D eigenvalue weighted by molar-refractivity contribution is 5.81. The molecule has 1 aromatic rings. The fourth-order valence-electron chi connectivity index (χ4n) is 1.61. The van der Waals surface area contributed by atoms with Crippen LogP contribution in [0.3, 0.4) is 0 Å². The third-order valence-corrected chi connectivity index (χ3v) is 2.88. The molecule has 0 atom stereocenters. The molecule has 0 aromatic heterocycles. The summed E-state index contributed by atoms with van der Waals surface area (Å²) in [5.41, 5.74) is 0. The van der Waals surface area contributed by atoms with Gasteiger partial charge in [0.2, 0.25) is 5.91 Å². The van der Waals surface area contributed by atoms with Gasteiger partial charge in [0.25, 0.3) is 5.91 Å². The molecule has 108 valence electrons. The van der Waals surface area contributed by atoms with Gasteiger partial charge in [0.15, 0.2) is 6.61 Å². The molecule has 20 heavy (non-hydrogen) atoms. The largest absolute Gasteiger partial charge is 0.484 e. The smallest absolute Gasteiger partial charge is 0.258 e. The van der Waals surface area contributed by atoms with Crippen molar-refractivity contribution in [3.05, 3.63) is 30.1 Å². The Hall–Kier alpha value is -2.11. The standard InChI is InChI=1S/C14H17FN2O3/c15-11-3-5-12(6-4-11)20-9-13(18)16-7-8-17-14(19)10-1-2-10/h3-6,10H,1-2,7-9H2,(H,16,18)(H,17,19). The first-order valence-electron chi connectivity index (χ1n) is 6.58. The Morgan fingerprint density at radius 2 is 1.80 bits per heavy atom. The highest BCUT2D eigenvalue weighted by Crippen LogP contribution is 2.28. The van der Waals surface area contributed by atoms with Crippen molar-refractivity contribution < 1.29 is 18.7 Å². The molecule has 0 bridgehead atoms. The zero-order valence-electron chi connectivity index (χ0n) is 11.0. The Kier molecular flexibility index (Phi) is 4.92. The molecule has 6 heteroatoms. The molecule has 0 spiro atoms. The van der Waals surface area contributed by atoms with Crippen molar-refractivity contribution in [1.82, 2.24) is 10.6 Å². The minimum absolute atomic E-state index is 0.0572. The number of carbonyl (C=O) groups excluding carboxylic acids is 2. The maximum atomic E-state index is 12.6. The monoisotopic (exact) mass is 280 g/mol. The molecule has 1 aliphatic rings. The Bertz CT molecular complexity index is 472. The number of rotatable bonds is 7. The van der Waals surface area contributed by atoms with Gasteiger partial charge in [-0.3, -0.25) is 9.59 Å². The van der Waals surface area contributed by atoms with E-state index in [1.807, 2.05) is 0 Å². The molecule has 2 amide bonds. The van der Waals surface area contributed by atoms with Crippen LogP contribution in [-0.2, 0) is 9.59 Å². The van der Waals surface area contributed by atoms with E-state index in [4.69, 9.17) is 4.74 Å². The molecule has 0 aliphatic heterocycles. The lowest BCUT2D eigenvalue weighted by Crippen LogP contribution is -2.37. The number of amides is 2. The lowest BCUT2D eigenvalue weighted by Gasteiger charge is -2.08. The zero-order chi connectivity index (χ0) is 14.4. The summed E-state index contributed by atoms with van der Waals surface area (Å²) in [4.78, 5) is 22.8. The van der Waals surface area contributed by atoms with Crippen molar-refractivity contribution in [1.29, 1.82) is 0 Å². The maximum absolute atomic E-state index is 12.6. The van der Waals surface area contributed by atoms with E-state index in [0.29, 0.717) is 18.8 Å². The van der Waals surface area contributed by atoms with E-state index >= 15 is 0 Å². The summed E-state index contributed by atoms with van der Waals surface area (Å²) >= 11 is 0. The van der Waals surface area contributed by atoms with Crippen molar-refractivity contribution >= 4 is 11.8 Å². The van der Waals surface area contributed by atoms with Crippen LogP contribution in [-0.4, -0.2) is 31.5 Å². The molecular weight excluding hydrogens is 263 g/mol. The average molecular weight is 280 g/mol. The van der Waals surface area contributed by atoms with Crippen molar-refractivity contribution in [3.63, 3.8) is 0 Å². The zero-order valence-corrected chi connectivity index (χ0v) is 11.0. The van der Waals surface area contributed by atoms with Gasteiger partial charge < -0.3 is 15.4 Å². The fraction of sp³-hybridized carbons (Fsp3) is 0.429. The summed E-state index contributed by atoms with van der Waals surface area (Å²) in [6, 6.07) is 5.44. The molecule has 1 fully saturated rings. The van der Waals surface area contributed by atoms with Gasteiger partial charge >= 0.3 is 0 Å². The van der Waals surface area contributed by atoms with Gasteiger partial charge in [0.05, 0.1) is 0 Å². The molecular formula is C14H17FN2O3. The molecule has 0 heterocycles. The highest BCUT2D eigenvalue weighted by atomic mass is 19.1. The lowest BCUT2D eigenvalue weighted by molar-refractivity contribution is -0.124. The minimum Gasteiger partial charge on any atom is -0.484 e. The van der Waals surface area contributed by atoms with Gasteiger partial charge in [-0.05, 0) is 37.1 Å². The molecule has 1 saturated carbocycles. The predicted molar refractivity (Wildman–Crippen MR) is 70.6 cm³/mol.